The lowest BCUT2D eigenvalue weighted by Gasteiger charge is -2.24. The van der Waals surface area contributed by atoms with Gasteiger partial charge in [-0.2, -0.15) is 0 Å². The molecule has 146 valence electrons. The zero-order valence-electron chi connectivity index (χ0n) is 16.4. The van der Waals surface area contributed by atoms with Gasteiger partial charge in [0.05, 0.1) is 5.52 Å². The molecule has 1 aromatic heterocycles. The van der Waals surface area contributed by atoms with Crippen molar-refractivity contribution in [3.8, 4) is 11.5 Å². The first kappa shape index (κ1) is 19.7. The zero-order chi connectivity index (χ0) is 20.1. The monoisotopic (exact) mass is 379 g/mol. The van der Waals surface area contributed by atoms with E-state index in [4.69, 9.17) is 14.6 Å². The molecule has 2 aromatic carbocycles. The molecule has 1 N–H and O–H groups in total. The van der Waals surface area contributed by atoms with Crippen molar-refractivity contribution in [3.05, 3.63) is 65.9 Å². The minimum absolute atomic E-state index is 0.0590. The molecule has 0 spiro atoms. The number of benzene rings is 2. The standard InChI is InChI=1S/C23H25NO4/c1-23(2,3)28-21-13-19(10-8-17(21)9-11-22(25)26)27-15-16-12-18-6-4-5-7-20(18)24-14-16/h4-8,10,12-14H,9,11,15H2,1-3H3,(H,25,26). The molecule has 0 amide bonds. The Morgan fingerprint density at radius 2 is 1.89 bits per heavy atom. The molecule has 0 saturated carbocycles. The summed E-state index contributed by atoms with van der Waals surface area (Å²) in [4.78, 5) is 15.4. The number of fused-ring (bicyclic) bond motifs is 1. The smallest absolute Gasteiger partial charge is 0.303 e. The van der Waals surface area contributed by atoms with E-state index >= 15 is 0 Å². The largest absolute Gasteiger partial charge is 0.489 e. The number of hydrogen-bond donors (Lipinski definition) is 1. The fraction of sp³-hybridized carbons (Fsp3) is 0.304. The third kappa shape index (κ3) is 5.46. The lowest BCUT2D eigenvalue weighted by Crippen LogP contribution is -2.23. The fourth-order valence-electron chi connectivity index (χ4n) is 2.86. The molecule has 0 atom stereocenters. The molecule has 3 aromatic rings. The molecule has 0 unspecified atom stereocenters. The molecule has 0 bridgehead atoms. The van der Waals surface area contributed by atoms with E-state index in [-0.39, 0.29) is 6.42 Å². The first-order chi connectivity index (χ1) is 13.3. The number of ether oxygens (including phenoxy) is 2. The van der Waals surface area contributed by atoms with Crippen LogP contribution < -0.4 is 9.47 Å². The topological polar surface area (TPSA) is 68.7 Å². The van der Waals surface area contributed by atoms with Crippen molar-refractivity contribution in [2.24, 2.45) is 0 Å². The van der Waals surface area contributed by atoms with Gasteiger partial charge in [0.15, 0.2) is 0 Å². The summed E-state index contributed by atoms with van der Waals surface area (Å²) >= 11 is 0. The summed E-state index contributed by atoms with van der Waals surface area (Å²) in [6.07, 6.45) is 2.29. The second-order valence-electron chi connectivity index (χ2n) is 7.70. The van der Waals surface area contributed by atoms with Crippen LogP contribution in [0.25, 0.3) is 10.9 Å². The van der Waals surface area contributed by atoms with E-state index in [1.807, 2.05) is 69.4 Å². The van der Waals surface area contributed by atoms with Crippen molar-refractivity contribution in [3.63, 3.8) is 0 Å². The number of carboxylic acids is 1. The number of aliphatic carboxylic acids is 1. The van der Waals surface area contributed by atoms with Gasteiger partial charge in [-0.3, -0.25) is 9.78 Å². The Hall–Kier alpha value is -3.08. The van der Waals surface area contributed by atoms with Crippen LogP contribution in [-0.4, -0.2) is 21.7 Å². The summed E-state index contributed by atoms with van der Waals surface area (Å²) in [5.41, 5.74) is 2.40. The lowest BCUT2D eigenvalue weighted by molar-refractivity contribution is -0.136. The quantitative estimate of drug-likeness (QED) is 0.625. The molecule has 0 saturated heterocycles. The van der Waals surface area contributed by atoms with E-state index < -0.39 is 11.6 Å². The van der Waals surface area contributed by atoms with Gasteiger partial charge in [-0.25, -0.2) is 0 Å². The molecule has 0 aliphatic carbocycles. The van der Waals surface area contributed by atoms with Crippen molar-refractivity contribution in [1.82, 2.24) is 4.98 Å². The molecule has 0 aliphatic rings. The lowest BCUT2D eigenvalue weighted by atomic mass is 10.1. The van der Waals surface area contributed by atoms with Gasteiger partial charge in [-0.15, -0.1) is 0 Å². The predicted molar refractivity (Wildman–Crippen MR) is 109 cm³/mol. The van der Waals surface area contributed by atoms with E-state index in [2.05, 4.69) is 11.1 Å². The zero-order valence-corrected chi connectivity index (χ0v) is 16.4. The number of carboxylic acid groups (broad SMARTS) is 1. The van der Waals surface area contributed by atoms with Crippen LogP contribution in [0, 0.1) is 0 Å². The Bertz CT molecular complexity index is 976. The molecule has 5 heteroatoms. The van der Waals surface area contributed by atoms with Crippen molar-refractivity contribution < 1.29 is 19.4 Å². The summed E-state index contributed by atoms with van der Waals surface area (Å²) in [5, 5.41) is 10.0. The number of para-hydroxylation sites is 1. The molecule has 5 nitrogen and oxygen atoms in total. The van der Waals surface area contributed by atoms with Gasteiger partial charge < -0.3 is 14.6 Å². The highest BCUT2D eigenvalue weighted by Gasteiger charge is 2.16. The molecule has 0 fully saturated rings. The van der Waals surface area contributed by atoms with Gasteiger partial charge in [-0.05, 0) is 51.0 Å². The highest BCUT2D eigenvalue weighted by atomic mass is 16.5. The number of carbonyl (C=O) groups is 1. The average Bonchev–Trinajstić information content (AvgIpc) is 2.64. The molecule has 28 heavy (non-hydrogen) atoms. The number of aromatic nitrogens is 1. The first-order valence-corrected chi connectivity index (χ1v) is 9.30. The number of rotatable bonds is 7. The minimum atomic E-state index is -0.828. The third-order valence-corrected chi connectivity index (χ3v) is 4.12. The Balaban J connectivity index is 1.76. The maximum Gasteiger partial charge on any atom is 0.303 e. The summed E-state index contributed by atoms with van der Waals surface area (Å²) in [6, 6.07) is 15.6. The fourth-order valence-corrected chi connectivity index (χ4v) is 2.86. The minimum Gasteiger partial charge on any atom is -0.489 e. The Morgan fingerprint density at radius 1 is 1.11 bits per heavy atom. The van der Waals surface area contributed by atoms with Crippen molar-refractivity contribution in [1.29, 1.82) is 0 Å². The number of pyridine rings is 1. The average molecular weight is 379 g/mol. The van der Waals surface area contributed by atoms with E-state index in [0.29, 0.717) is 24.5 Å². The molecule has 3 rings (SSSR count). The van der Waals surface area contributed by atoms with Crippen LogP contribution in [-0.2, 0) is 17.8 Å². The van der Waals surface area contributed by atoms with Crippen molar-refractivity contribution >= 4 is 16.9 Å². The normalized spacial score (nSPS) is 11.4. The third-order valence-electron chi connectivity index (χ3n) is 4.12. The SMILES string of the molecule is CC(C)(C)Oc1cc(OCc2cnc3ccccc3c2)ccc1CCC(=O)O. The van der Waals surface area contributed by atoms with Crippen molar-refractivity contribution in [2.75, 3.05) is 0 Å². The van der Waals surface area contributed by atoms with Crippen LogP contribution in [0.3, 0.4) is 0 Å². The van der Waals surface area contributed by atoms with Crippen LogP contribution in [0.15, 0.2) is 54.7 Å². The van der Waals surface area contributed by atoms with E-state index in [9.17, 15) is 4.79 Å². The number of hydrogen-bond acceptors (Lipinski definition) is 4. The molecule has 1 heterocycles. The van der Waals surface area contributed by atoms with Crippen LogP contribution in [0.1, 0.15) is 38.3 Å². The van der Waals surface area contributed by atoms with Gasteiger partial charge in [0.1, 0.15) is 23.7 Å². The number of nitrogens with zero attached hydrogens (tertiary/aromatic N) is 1. The highest BCUT2D eigenvalue weighted by Crippen LogP contribution is 2.29. The Labute approximate surface area is 164 Å². The summed E-state index contributed by atoms with van der Waals surface area (Å²) < 4.78 is 12.0. The molecule has 0 radical (unpaired) electrons. The van der Waals surface area contributed by atoms with Crippen LogP contribution in [0.2, 0.25) is 0 Å². The van der Waals surface area contributed by atoms with Gasteiger partial charge in [0.2, 0.25) is 0 Å². The first-order valence-electron chi connectivity index (χ1n) is 9.30. The molecule has 0 aliphatic heterocycles. The Morgan fingerprint density at radius 3 is 2.64 bits per heavy atom. The molecular formula is C23H25NO4. The maximum atomic E-state index is 10.9. The summed E-state index contributed by atoms with van der Waals surface area (Å²) in [7, 11) is 0. The number of aryl methyl sites for hydroxylation is 1. The predicted octanol–water partition coefficient (Wildman–Crippen LogP) is 5.01. The Kier molecular flexibility index (Phi) is 5.83. The van der Waals surface area contributed by atoms with Crippen molar-refractivity contribution in [2.45, 2.75) is 45.8 Å². The van der Waals surface area contributed by atoms with Gasteiger partial charge in [0, 0.05) is 29.6 Å². The second kappa shape index (κ2) is 8.30. The van der Waals surface area contributed by atoms with Crippen LogP contribution >= 0.6 is 0 Å². The molecular weight excluding hydrogens is 354 g/mol. The second-order valence-corrected chi connectivity index (χ2v) is 7.70. The van der Waals surface area contributed by atoms with E-state index in [1.165, 1.54) is 0 Å². The summed E-state index contributed by atoms with van der Waals surface area (Å²) in [6.45, 7) is 6.27. The van der Waals surface area contributed by atoms with E-state index in [1.54, 1.807) is 0 Å². The van der Waals surface area contributed by atoms with Gasteiger partial charge in [-0.1, -0.05) is 24.3 Å². The van der Waals surface area contributed by atoms with Crippen LogP contribution in [0.5, 0.6) is 11.5 Å². The highest BCUT2D eigenvalue weighted by molar-refractivity contribution is 5.78. The van der Waals surface area contributed by atoms with E-state index in [0.717, 1.165) is 22.0 Å². The van der Waals surface area contributed by atoms with Gasteiger partial charge in [0.25, 0.3) is 0 Å². The van der Waals surface area contributed by atoms with Crippen LogP contribution in [0.4, 0.5) is 0 Å². The van der Waals surface area contributed by atoms with Gasteiger partial charge >= 0.3 is 5.97 Å². The maximum absolute atomic E-state index is 10.9. The summed E-state index contributed by atoms with van der Waals surface area (Å²) in [5.74, 6) is 0.500.